The van der Waals surface area contributed by atoms with Crippen molar-refractivity contribution in [3.8, 4) is 0 Å². The van der Waals surface area contributed by atoms with Crippen molar-refractivity contribution < 1.29 is 23.8 Å². The van der Waals surface area contributed by atoms with Crippen LogP contribution in [-0.4, -0.2) is 38.4 Å². The van der Waals surface area contributed by atoms with E-state index in [2.05, 4.69) is 23.4 Å². The van der Waals surface area contributed by atoms with Crippen molar-refractivity contribution in [1.82, 2.24) is 0 Å². The Hall–Kier alpha value is -2.40. The summed E-state index contributed by atoms with van der Waals surface area (Å²) in [5, 5.41) is 0. The highest BCUT2D eigenvalue weighted by molar-refractivity contribution is 5.87. The number of ether oxygens (including phenoxy) is 3. The lowest BCUT2D eigenvalue weighted by molar-refractivity contribution is -0.139. The van der Waals surface area contributed by atoms with E-state index < -0.39 is 0 Å². The molecule has 0 N–H and O–H groups in total. The third-order valence-electron chi connectivity index (χ3n) is 5.17. The van der Waals surface area contributed by atoms with Gasteiger partial charge >= 0.3 is 11.9 Å². The predicted octanol–water partition coefficient (Wildman–Crippen LogP) is 4.82. The van der Waals surface area contributed by atoms with Crippen molar-refractivity contribution in [2.75, 3.05) is 20.3 Å². The van der Waals surface area contributed by atoms with E-state index in [-0.39, 0.29) is 11.9 Å². The van der Waals surface area contributed by atoms with E-state index in [1.807, 2.05) is 12.1 Å². The van der Waals surface area contributed by atoms with Crippen LogP contribution in [-0.2, 0) is 23.8 Å². The third kappa shape index (κ3) is 8.24. The molecule has 5 heteroatoms. The monoisotopic (exact) mass is 400 g/mol. The second-order valence-corrected chi connectivity index (χ2v) is 7.49. The predicted molar refractivity (Wildman–Crippen MR) is 113 cm³/mol. The molecule has 0 heterocycles. The maximum atomic E-state index is 11.3. The van der Waals surface area contributed by atoms with Crippen LogP contribution in [0.4, 0.5) is 0 Å². The molecule has 1 aromatic rings. The lowest BCUT2D eigenvalue weighted by Gasteiger charge is -2.29. The Bertz CT molecular complexity index is 696. The minimum absolute atomic E-state index is 0.322. The molecule has 0 amide bonds. The molecule has 0 saturated heterocycles. The molecular weight excluding hydrogens is 368 g/mol. The number of hydrogen-bond acceptors (Lipinski definition) is 5. The molecule has 1 aliphatic carbocycles. The standard InChI is InChI=1S/C24H32O5/c1-18(2)24(26)29-17-5-4-16-28-22-13-11-21(12-14-22)20-9-6-19(7-10-20)8-15-23(25)27-3/h6-10,15,21-22H,1,4-5,11-14,16-17H2,2-3H3/b15-8+. The van der Waals surface area contributed by atoms with Crippen molar-refractivity contribution in [2.45, 2.75) is 57.5 Å². The van der Waals surface area contributed by atoms with Gasteiger partial charge in [0.05, 0.1) is 19.8 Å². The summed E-state index contributed by atoms with van der Waals surface area (Å²) in [6, 6.07) is 8.38. The zero-order chi connectivity index (χ0) is 21.1. The van der Waals surface area contributed by atoms with Crippen molar-refractivity contribution in [3.63, 3.8) is 0 Å². The lowest BCUT2D eigenvalue weighted by Crippen LogP contribution is -2.21. The van der Waals surface area contributed by atoms with E-state index in [0.717, 1.165) is 44.1 Å². The van der Waals surface area contributed by atoms with Crippen LogP contribution in [0.25, 0.3) is 6.08 Å². The molecular formula is C24H32O5. The summed E-state index contributed by atoms with van der Waals surface area (Å²) in [5.74, 6) is -0.105. The van der Waals surface area contributed by atoms with Gasteiger partial charge in [-0.15, -0.1) is 0 Å². The van der Waals surface area contributed by atoms with Gasteiger partial charge in [-0.2, -0.15) is 0 Å². The molecule has 29 heavy (non-hydrogen) atoms. The first-order valence-electron chi connectivity index (χ1n) is 10.3. The fourth-order valence-electron chi connectivity index (χ4n) is 3.42. The van der Waals surface area contributed by atoms with Crippen molar-refractivity contribution >= 4 is 18.0 Å². The minimum atomic E-state index is -0.347. The Morgan fingerprint density at radius 1 is 1.07 bits per heavy atom. The molecule has 0 radical (unpaired) electrons. The third-order valence-corrected chi connectivity index (χ3v) is 5.17. The van der Waals surface area contributed by atoms with Gasteiger partial charge < -0.3 is 14.2 Å². The van der Waals surface area contributed by atoms with E-state index in [4.69, 9.17) is 9.47 Å². The maximum absolute atomic E-state index is 11.3. The number of methoxy groups -OCH3 is 1. The van der Waals surface area contributed by atoms with Crippen LogP contribution in [0, 0.1) is 0 Å². The number of benzene rings is 1. The largest absolute Gasteiger partial charge is 0.466 e. The molecule has 0 atom stereocenters. The van der Waals surface area contributed by atoms with E-state index in [1.165, 1.54) is 18.7 Å². The molecule has 1 saturated carbocycles. The van der Waals surface area contributed by atoms with Crippen LogP contribution in [0.2, 0.25) is 0 Å². The highest BCUT2D eigenvalue weighted by Gasteiger charge is 2.22. The summed E-state index contributed by atoms with van der Waals surface area (Å²) < 4.78 is 15.7. The van der Waals surface area contributed by atoms with E-state index in [1.54, 1.807) is 13.0 Å². The molecule has 2 rings (SSSR count). The Labute approximate surface area is 173 Å². The van der Waals surface area contributed by atoms with Gasteiger partial charge in [-0.1, -0.05) is 30.8 Å². The highest BCUT2D eigenvalue weighted by atomic mass is 16.5. The van der Waals surface area contributed by atoms with Crippen molar-refractivity contribution in [2.24, 2.45) is 0 Å². The summed E-state index contributed by atoms with van der Waals surface area (Å²) in [6.07, 6.45) is 9.61. The average Bonchev–Trinajstić information content (AvgIpc) is 2.75. The SMILES string of the molecule is C=C(C)C(=O)OCCCCOC1CCC(c2ccc(/C=C/C(=O)OC)cc2)CC1. The van der Waals surface area contributed by atoms with Gasteiger partial charge in [-0.25, -0.2) is 9.59 Å². The van der Waals surface area contributed by atoms with E-state index >= 15 is 0 Å². The molecule has 0 bridgehead atoms. The van der Waals surface area contributed by atoms with Crippen molar-refractivity contribution in [3.05, 3.63) is 53.6 Å². The Kier molecular flexibility index (Phi) is 9.65. The molecule has 1 fully saturated rings. The number of carbonyl (C=O) groups excluding carboxylic acids is 2. The normalized spacial score (nSPS) is 19.1. The van der Waals surface area contributed by atoms with Gasteiger partial charge in [0, 0.05) is 18.3 Å². The maximum Gasteiger partial charge on any atom is 0.333 e. The van der Waals surface area contributed by atoms with Crippen molar-refractivity contribution in [1.29, 1.82) is 0 Å². The molecule has 1 aliphatic rings. The number of hydrogen-bond donors (Lipinski definition) is 0. The van der Waals surface area contributed by atoms with E-state index in [9.17, 15) is 9.59 Å². The second kappa shape index (κ2) is 12.2. The Balaban J connectivity index is 1.63. The fourth-order valence-corrected chi connectivity index (χ4v) is 3.42. The van der Waals surface area contributed by atoms with Crippen LogP contribution in [0.15, 0.2) is 42.5 Å². The van der Waals surface area contributed by atoms with Gasteiger partial charge in [-0.05, 0) is 68.6 Å². The first-order chi connectivity index (χ1) is 14.0. The smallest absolute Gasteiger partial charge is 0.333 e. The lowest BCUT2D eigenvalue weighted by atomic mass is 9.82. The summed E-state index contributed by atoms with van der Waals surface area (Å²) in [6.45, 7) is 6.35. The number of esters is 2. The minimum Gasteiger partial charge on any atom is -0.466 e. The second-order valence-electron chi connectivity index (χ2n) is 7.49. The molecule has 0 aromatic heterocycles. The van der Waals surface area contributed by atoms with Gasteiger partial charge in [0.2, 0.25) is 0 Å². The molecule has 0 aliphatic heterocycles. The molecule has 0 unspecified atom stereocenters. The molecule has 0 spiro atoms. The molecule has 1 aromatic carbocycles. The number of rotatable bonds is 10. The summed E-state index contributed by atoms with van der Waals surface area (Å²) >= 11 is 0. The average molecular weight is 401 g/mol. The zero-order valence-corrected chi connectivity index (χ0v) is 17.5. The summed E-state index contributed by atoms with van der Waals surface area (Å²) in [5.41, 5.74) is 2.77. The highest BCUT2D eigenvalue weighted by Crippen LogP contribution is 2.34. The van der Waals surface area contributed by atoms with Crippen LogP contribution < -0.4 is 0 Å². The van der Waals surface area contributed by atoms with Crippen LogP contribution in [0.5, 0.6) is 0 Å². The molecule has 5 nitrogen and oxygen atoms in total. The van der Waals surface area contributed by atoms with Crippen LogP contribution >= 0.6 is 0 Å². The van der Waals surface area contributed by atoms with Crippen LogP contribution in [0.3, 0.4) is 0 Å². The van der Waals surface area contributed by atoms with Gasteiger partial charge in [-0.3, -0.25) is 0 Å². The summed E-state index contributed by atoms with van der Waals surface area (Å²) in [7, 11) is 1.37. The topological polar surface area (TPSA) is 61.8 Å². The Morgan fingerprint density at radius 3 is 2.34 bits per heavy atom. The summed E-state index contributed by atoms with van der Waals surface area (Å²) in [4.78, 5) is 22.5. The fraction of sp³-hybridized carbons (Fsp3) is 0.500. The quantitative estimate of drug-likeness (QED) is 0.320. The van der Waals surface area contributed by atoms with E-state index in [0.29, 0.717) is 30.8 Å². The first kappa shape index (κ1) is 22.9. The number of unbranched alkanes of at least 4 members (excludes halogenated alkanes) is 1. The first-order valence-corrected chi connectivity index (χ1v) is 10.3. The van der Waals surface area contributed by atoms with Gasteiger partial charge in [0.15, 0.2) is 0 Å². The van der Waals surface area contributed by atoms with Gasteiger partial charge in [0.25, 0.3) is 0 Å². The van der Waals surface area contributed by atoms with Gasteiger partial charge in [0.1, 0.15) is 0 Å². The zero-order valence-electron chi connectivity index (χ0n) is 17.5. The van der Waals surface area contributed by atoms with Crippen LogP contribution in [0.1, 0.15) is 62.5 Å². The molecule has 158 valence electrons. The number of carbonyl (C=O) groups is 2. The Morgan fingerprint density at radius 2 is 1.72 bits per heavy atom.